The molecule has 7 nitrogen and oxygen atoms in total. The summed E-state index contributed by atoms with van der Waals surface area (Å²) < 4.78 is 41.1. The van der Waals surface area contributed by atoms with Crippen LogP contribution >= 0.6 is 11.3 Å². The number of anilines is 1. The molecule has 0 radical (unpaired) electrons. The maximum absolute atomic E-state index is 13.8. The largest absolute Gasteiger partial charge is 0.279 e. The number of rotatable bonds is 5. The van der Waals surface area contributed by atoms with Crippen LogP contribution in [0.25, 0.3) is 0 Å². The lowest BCUT2D eigenvalue weighted by Crippen LogP contribution is -2.41. The number of nitrogens with one attached hydrogen (secondary N) is 3. The number of hydrogen-bond donors (Lipinski definition) is 3. The van der Waals surface area contributed by atoms with Crippen molar-refractivity contribution in [2.24, 2.45) is 0 Å². The lowest BCUT2D eigenvalue weighted by molar-refractivity contribution is 0.0848. The van der Waals surface area contributed by atoms with E-state index in [0.717, 1.165) is 12.1 Å². The van der Waals surface area contributed by atoms with Crippen molar-refractivity contribution in [3.05, 3.63) is 81.8 Å². The van der Waals surface area contributed by atoms with E-state index >= 15 is 0 Å². The Bertz CT molecular complexity index is 1160. The second-order valence-corrected chi connectivity index (χ2v) is 8.58. The molecule has 0 saturated heterocycles. The molecule has 3 N–H and O–H groups in total. The molecule has 3 aromatic rings. The Morgan fingerprint density at radius 3 is 2.38 bits per heavy atom. The Morgan fingerprint density at radius 2 is 1.69 bits per heavy atom. The Labute approximate surface area is 170 Å². The van der Waals surface area contributed by atoms with Crippen molar-refractivity contribution >= 4 is 38.9 Å². The van der Waals surface area contributed by atoms with Crippen molar-refractivity contribution in [3.8, 4) is 0 Å². The molecule has 0 aliphatic rings. The van der Waals surface area contributed by atoms with Gasteiger partial charge >= 0.3 is 0 Å². The molecule has 10 heteroatoms. The number of para-hydroxylation sites is 1. The third-order valence-electron chi connectivity index (χ3n) is 3.92. The topological polar surface area (TPSA) is 104 Å². The van der Waals surface area contributed by atoms with Crippen LogP contribution in [0.15, 0.2) is 64.9 Å². The number of benzene rings is 2. The molecular weight excluding hydrogens is 417 g/mol. The SMILES string of the molecule is Cc1ccc(S(=O)(=O)Nc2ccccc2F)cc1C(=O)NNC(=O)c1cccs1. The molecule has 1 heterocycles. The van der Waals surface area contributed by atoms with Gasteiger partial charge < -0.3 is 0 Å². The first-order valence-electron chi connectivity index (χ1n) is 8.30. The zero-order valence-electron chi connectivity index (χ0n) is 15.1. The van der Waals surface area contributed by atoms with E-state index in [1.807, 2.05) is 0 Å². The van der Waals surface area contributed by atoms with Crippen LogP contribution in [0.2, 0.25) is 0 Å². The maximum Gasteiger partial charge on any atom is 0.279 e. The third kappa shape index (κ3) is 4.79. The van der Waals surface area contributed by atoms with E-state index in [-0.39, 0.29) is 16.1 Å². The lowest BCUT2D eigenvalue weighted by Gasteiger charge is -2.12. The van der Waals surface area contributed by atoms with Crippen molar-refractivity contribution in [3.63, 3.8) is 0 Å². The predicted octanol–water partition coefficient (Wildman–Crippen LogP) is 3.07. The molecule has 0 aliphatic carbocycles. The highest BCUT2D eigenvalue weighted by Crippen LogP contribution is 2.21. The molecule has 0 spiro atoms. The monoisotopic (exact) mass is 433 g/mol. The Hall–Kier alpha value is -3.24. The van der Waals surface area contributed by atoms with Gasteiger partial charge in [-0.2, -0.15) is 0 Å². The van der Waals surface area contributed by atoms with E-state index < -0.39 is 27.7 Å². The fraction of sp³-hybridized carbons (Fsp3) is 0.0526. The fourth-order valence-corrected chi connectivity index (χ4v) is 4.12. The second-order valence-electron chi connectivity index (χ2n) is 5.95. The molecule has 0 unspecified atom stereocenters. The molecule has 0 fully saturated rings. The van der Waals surface area contributed by atoms with Gasteiger partial charge in [-0.25, -0.2) is 12.8 Å². The first-order chi connectivity index (χ1) is 13.8. The number of hydrazine groups is 1. The van der Waals surface area contributed by atoms with Crippen molar-refractivity contribution in [2.45, 2.75) is 11.8 Å². The number of amides is 2. The van der Waals surface area contributed by atoms with E-state index in [9.17, 15) is 22.4 Å². The summed E-state index contributed by atoms with van der Waals surface area (Å²) in [5.41, 5.74) is 4.87. The molecule has 1 aromatic heterocycles. The van der Waals surface area contributed by atoms with Crippen LogP contribution in [0.1, 0.15) is 25.6 Å². The van der Waals surface area contributed by atoms with Gasteiger partial charge in [-0.05, 0) is 48.2 Å². The molecule has 2 amide bonds. The average molecular weight is 433 g/mol. The smallest absolute Gasteiger partial charge is 0.277 e. The molecule has 0 atom stereocenters. The van der Waals surface area contributed by atoms with E-state index in [4.69, 9.17) is 0 Å². The molecule has 150 valence electrons. The third-order valence-corrected chi connectivity index (χ3v) is 6.15. The number of sulfonamides is 1. The van der Waals surface area contributed by atoms with Crippen LogP contribution < -0.4 is 15.6 Å². The summed E-state index contributed by atoms with van der Waals surface area (Å²) in [7, 11) is -4.13. The molecule has 3 rings (SSSR count). The van der Waals surface area contributed by atoms with Gasteiger partial charge in [0.25, 0.3) is 21.8 Å². The number of halogens is 1. The molecular formula is C19H16FN3O4S2. The summed E-state index contributed by atoms with van der Waals surface area (Å²) in [6.45, 7) is 1.62. The van der Waals surface area contributed by atoms with Crippen molar-refractivity contribution in [1.82, 2.24) is 10.9 Å². The average Bonchev–Trinajstić information content (AvgIpc) is 3.22. The fourth-order valence-electron chi connectivity index (χ4n) is 2.41. The van der Waals surface area contributed by atoms with Gasteiger partial charge in [-0.3, -0.25) is 25.2 Å². The minimum Gasteiger partial charge on any atom is -0.277 e. The second kappa shape index (κ2) is 8.41. The number of carbonyl (C=O) groups is 2. The van der Waals surface area contributed by atoms with Gasteiger partial charge in [-0.15, -0.1) is 11.3 Å². The standard InChI is InChI=1S/C19H16FN3O4S2/c1-12-8-9-13(29(26,27)23-16-6-3-2-5-15(16)20)11-14(12)18(24)21-22-19(25)17-7-4-10-28-17/h2-11,23H,1H3,(H,21,24)(H,22,25). The number of carbonyl (C=O) groups excluding carboxylic acids is 2. The van der Waals surface area contributed by atoms with E-state index in [1.54, 1.807) is 24.4 Å². The Morgan fingerprint density at radius 1 is 0.966 bits per heavy atom. The summed E-state index contributed by atoms with van der Waals surface area (Å²) in [6.07, 6.45) is 0. The van der Waals surface area contributed by atoms with E-state index in [2.05, 4.69) is 15.6 Å². The Kier molecular flexibility index (Phi) is 5.95. The van der Waals surface area contributed by atoms with Crippen LogP contribution in [0.5, 0.6) is 0 Å². The van der Waals surface area contributed by atoms with Crippen LogP contribution in [-0.4, -0.2) is 20.2 Å². The summed E-state index contributed by atoms with van der Waals surface area (Å²) >= 11 is 1.21. The number of hydrogen-bond acceptors (Lipinski definition) is 5. The van der Waals surface area contributed by atoms with Crippen LogP contribution in [0.4, 0.5) is 10.1 Å². The number of thiophene rings is 1. The van der Waals surface area contributed by atoms with Crippen molar-refractivity contribution in [1.29, 1.82) is 0 Å². The van der Waals surface area contributed by atoms with E-state index in [1.165, 1.54) is 41.7 Å². The van der Waals surface area contributed by atoms with Crippen molar-refractivity contribution in [2.75, 3.05) is 4.72 Å². The molecule has 29 heavy (non-hydrogen) atoms. The van der Waals surface area contributed by atoms with Crippen molar-refractivity contribution < 1.29 is 22.4 Å². The van der Waals surface area contributed by atoms with Gasteiger partial charge in [-0.1, -0.05) is 24.3 Å². The Balaban J connectivity index is 1.79. The summed E-state index contributed by atoms with van der Waals surface area (Å²) in [5, 5.41) is 1.72. The maximum atomic E-state index is 13.8. The van der Waals surface area contributed by atoms with Crippen LogP contribution in [0, 0.1) is 12.7 Å². The summed E-state index contributed by atoms with van der Waals surface area (Å²) in [4.78, 5) is 24.6. The molecule has 0 bridgehead atoms. The summed E-state index contributed by atoms with van der Waals surface area (Å²) in [5.74, 6) is -1.90. The first-order valence-corrected chi connectivity index (χ1v) is 10.7. The minimum absolute atomic E-state index is 0.0490. The molecule has 2 aromatic carbocycles. The van der Waals surface area contributed by atoms with Gasteiger partial charge in [0.2, 0.25) is 0 Å². The lowest BCUT2D eigenvalue weighted by atomic mass is 10.1. The highest BCUT2D eigenvalue weighted by Gasteiger charge is 2.20. The van der Waals surface area contributed by atoms with Crippen LogP contribution in [-0.2, 0) is 10.0 Å². The minimum atomic E-state index is -4.13. The van der Waals surface area contributed by atoms with Gasteiger partial charge in [0.1, 0.15) is 5.82 Å². The van der Waals surface area contributed by atoms with Crippen LogP contribution in [0.3, 0.4) is 0 Å². The van der Waals surface area contributed by atoms with Gasteiger partial charge in [0.15, 0.2) is 0 Å². The zero-order valence-corrected chi connectivity index (χ0v) is 16.7. The van der Waals surface area contributed by atoms with Gasteiger partial charge in [0.05, 0.1) is 15.5 Å². The first kappa shape index (κ1) is 20.5. The zero-order chi connectivity index (χ0) is 21.0. The van der Waals surface area contributed by atoms with Gasteiger partial charge in [0, 0.05) is 5.56 Å². The normalized spacial score (nSPS) is 11.0. The molecule has 0 aliphatic heterocycles. The highest BCUT2D eigenvalue weighted by atomic mass is 32.2. The summed E-state index contributed by atoms with van der Waals surface area (Å²) in [6, 6.07) is 12.5. The highest BCUT2D eigenvalue weighted by molar-refractivity contribution is 7.92. The number of aryl methyl sites for hydroxylation is 1. The predicted molar refractivity (Wildman–Crippen MR) is 108 cm³/mol. The van der Waals surface area contributed by atoms with E-state index in [0.29, 0.717) is 10.4 Å². The quantitative estimate of drug-likeness (QED) is 0.538. The molecule has 0 saturated carbocycles.